The fourth-order valence-corrected chi connectivity index (χ4v) is 0.576. The first-order chi connectivity index (χ1) is 5.86. The molecule has 7 heteroatoms. The van der Waals surface area contributed by atoms with Gasteiger partial charge in [-0.2, -0.15) is 0 Å². The van der Waals surface area contributed by atoms with E-state index in [1.54, 1.807) is 5.32 Å². The molecule has 0 bridgehead atoms. The molecule has 0 heterocycles. The molecule has 0 unspecified atom stereocenters. The summed E-state index contributed by atoms with van der Waals surface area (Å²) >= 11 is 0. The molecule has 0 spiro atoms. The van der Waals surface area contributed by atoms with Crippen LogP contribution in [0, 0.1) is 0 Å². The molecular formula is C6H12N4O3. The maximum absolute atomic E-state index is 11.1. The van der Waals surface area contributed by atoms with Crippen LogP contribution >= 0.6 is 0 Å². The van der Waals surface area contributed by atoms with Gasteiger partial charge in [-0.3, -0.25) is 5.32 Å². The number of primary amides is 1. The SMILES string of the molecule is CN(C)C(=O)N(C)C(=O)NC(N)=O. The van der Waals surface area contributed by atoms with Crippen molar-refractivity contribution in [2.45, 2.75) is 0 Å². The number of rotatable bonds is 0. The Bertz CT molecular complexity index is 238. The molecule has 0 aromatic carbocycles. The Morgan fingerprint density at radius 2 is 1.62 bits per heavy atom. The number of hydrogen-bond acceptors (Lipinski definition) is 3. The average Bonchev–Trinajstić information content (AvgIpc) is 2.00. The van der Waals surface area contributed by atoms with Crippen LogP contribution in [-0.2, 0) is 0 Å². The maximum atomic E-state index is 11.1. The average molecular weight is 188 g/mol. The highest BCUT2D eigenvalue weighted by molar-refractivity contribution is 6.00. The van der Waals surface area contributed by atoms with E-state index in [1.165, 1.54) is 26.0 Å². The number of carbonyl (C=O) groups excluding carboxylic acids is 3. The van der Waals surface area contributed by atoms with Crippen LogP contribution in [0.3, 0.4) is 0 Å². The Morgan fingerprint density at radius 3 is 1.92 bits per heavy atom. The van der Waals surface area contributed by atoms with Crippen LogP contribution in [0.4, 0.5) is 14.4 Å². The minimum absolute atomic E-state index is 0.543. The van der Waals surface area contributed by atoms with Crippen molar-refractivity contribution in [3.63, 3.8) is 0 Å². The van der Waals surface area contributed by atoms with Gasteiger partial charge in [0.25, 0.3) is 0 Å². The molecule has 0 saturated heterocycles. The second kappa shape index (κ2) is 4.29. The standard InChI is InChI=1S/C6H12N4O3/c1-9(2)6(13)10(3)5(12)8-4(7)11/h1-3H3,(H3,7,8,11,12). The van der Waals surface area contributed by atoms with Gasteiger partial charge in [-0.1, -0.05) is 0 Å². The van der Waals surface area contributed by atoms with Crippen LogP contribution in [-0.4, -0.2) is 49.0 Å². The summed E-state index contributed by atoms with van der Waals surface area (Å²) in [5.41, 5.74) is 4.68. The lowest BCUT2D eigenvalue weighted by atomic mass is 10.7. The number of nitrogens with two attached hydrogens (primary N) is 1. The summed E-state index contributed by atoms with van der Waals surface area (Å²) < 4.78 is 0. The maximum Gasteiger partial charge on any atom is 0.333 e. The first kappa shape index (κ1) is 11.2. The number of hydrogen-bond donors (Lipinski definition) is 2. The molecule has 3 N–H and O–H groups in total. The fourth-order valence-electron chi connectivity index (χ4n) is 0.576. The van der Waals surface area contributed by atoms with E-state index >= 15 is 0 Å². The normalized spacial score (nSPS) is 8.85. The lowest BCUT2D eigenvalue weighted by Crippen LogP contribution is -2.48. The molecule has 0 aliphatic heterocycles. The van der Waals surface area contributed by atoms with Gasteiger partial charge in [0.05, 0.1) is 0 Å². The predicted molar refractivity (Wildman–Crippen MR) is 45.0 cm³/mol. The largest absolute Gasteiger partial charge is 0.351 e. The van der Waals surface area contributed by atoms with Crippen LogP contribution in [0.5, 0.6) is 0 Å². The molecule has 6 amide bonds. The molecule has 0 rings (SSSR count). The molecule has 0 aromatic heterocycles. The van der Waals surface area contributed by atoms with Crippen LogP contribution in [0.25, 0.3) is 0 Å². The van der Waals surface area contributed by atoms with E-state index in [0.717, 1.165) is 4.90 Å². The van der Waals surface area contributed by atoms with E-state index in [0.29, 0.717) is 0 Å². The number of urea groups is 3. The smallest absolute Gasteiger partial charge is 0.333 e. The molecule has 13 heavy (non-hydrogen) atoms. The van der Waals surface area contributed by atoms with E-state index in [1.807, 2.05) is 0 Å². The molecule has 7 nitrogen and oxygen atoms in total. The fraction of sp³-hybridized carbons (Fsp3) is 0.500. The number of amides is 6. The monoisotopic (exact) mass is 188 g/mol. The van der Waals surface area contributed by atoms with Crippen molar-refractivity contribution in [1.82, 2.24) is 15.1 Å². The van der Waals surface area contributed by atoms with Gasteiger partial charge in [-0.05, 0) is 0 Å². The highest BCUT2D eigenvalue weighted by atomic mass is 16.2. The van der Waals surface area contributed by atoms with Crippen LogP contribution < -0.4 is 11.1 Å². The second-order valence-electron chi connectivity index (χ2n) is 2.53. The van der Waals surface area contributed by atoms with Gasteiger partial charge in [0.15, 0.2) is 0 Å². The second-order valence-corrected chi connectivity index (χ2v) is 2.53. The Balaban J connectivity index is 4.26. The molecule has 0 aliphatic carbocycles. The van der Waals surface area contributed by atoms with Crippen molar-refractivity contribution in [2.24, 2.45) is 5.73 Å². The predicted octanol–water partition coefficient (Wildman–Crippen LogP) is -0.612. The van der Waals surface area contributed by atoms with Gasteiger partial charge in [0.1, 0.15) is 0 Å². The lowest BCUT2D eigenvalue weighted by molar-refractivity contribution is 0.177. The minimum Gasteiger partial charge on any atom is -0.351 e. The summed E-state index contributed by atoms with van der Waals surface area (Å²) in [4.78, 5) is 34.3. The lowest BCUT2D eigenvalue weighted by Gasteiger charge is -2.19. The van der Waals surface area contributed by atoms with Gasteiger partial charge >= 0.3 is 18.1 Å². The van der Waals surface area contributed by atoms with Crippen molar-refractivity contribution in [1.29, 1.82) is 0 Å². The van der Waals surface area contributed by atoms with Crippen LogP contribution in [0.2, 0.25) is 0 Å². The third-order valence-corrected chi connectivity index (χ3v) is 1.20. The Labute approximate surface area is 75.5 Å². The van der Waals surface area contributed by atoms with Crippen molar-refractivity contribution in [3.8, 4) is 0 Å². The van der Waals surface area contributed by atoms with E-state index in [-0.39, 0.29) is 0 Å². The summed E-state index contributed by atoms with van der Waals surface area (Å²) in [6.07, 6.45) is 0. The molecule has 0 fully saturated rings. The zero-order valence-corrected chi connectivity index (χ0v) is 7.70. The van der Waals surface area contributed by atoms with Crippen molar-refractivity contribution in [3.05, 3.63) is 0 Å². The number of nitrogens with one attached hydrogen (secondary N) is 1. The van der Waals surface area contributed by atoms with Crippen molar-refractivity contribution < 1.29 is 14.4 Å². The zero-order chi connectivity index (χ0) is 10.6. The van der Waals surface area contributed by atoms with Crippen LogP contribution in [0.1, 0.15) is 0 Å². The molecule has 0 aliphatic rings. The van der Waals surface area contributed by atoms with E-state index in [2.05, 4.69) is 5.73 Å². The quantitative estimate of drug-likeness (QED) is 0.530. The molecular weight excluding hydrogens is 176 g/mol. The van der Waals surface area contributed by atoms with Gasteiger partial charge in [-0.15, -0.1) is 0 Å². The highest BCUT2D eigenvalue weighted by Gasteiger charge is 2.18. The summed E-state index contributed by atoms with van der Waals surface area (Å²) in [5, 5.41) is 1.76. The Kier molecular flexibility index (Phi) is 3.70. The highest BCUT2D eigenvalue weighted by Crippen LogP contribution is 1.90. The van der Waals surface area contributed by atoms with E-state index in [4.69, 9.17) is 0 Å². The third-order valence-electron chi connectivity index (χ3n) is 1.20. The Morgan fingerprint density at radius 1 is 1.15 bits per heavy atom. The zero-order valence-electron chi connectivity index (χ0n) is 7.70. The summed E-state index contributed by atoms with van der Waals surface area (Å²) in [6, 6.07) is -2.40. The topological polar surface area (TPSA) is 95.7 Å². The molecule has 74 valence electrons. The van der Waals surface area contributed by atoms with Gasteiger partial charge in [0, 0.05) is 21.1 Å². The third kappa shape index (κ3) is 3.41. The van der Waals surface area contributed by atoms with Gasteiger partial charge in [-0.25, -0.2) is 19.3 Å². The van der Waals surface area contributed by atoms with E-state index in [9.17, 15) is 14.4 Å². The van der Waals surface area contributed by atoms with Crippen molar-refractivity contribution >= 4 is 18.1 Å². The first-order valence-corrected chi connectivity index (χ1v) is 3.41. The first-order valence-electron chi connectivity index (χ1n) is 3.41. The van der Waals surface area contributed by atoms with Gasteiger partial charge < -0.3 is 10.6 Å². The summed E-state index contributed by atoms with van der Waals surface area (Å²) in [7, 11) is 4.20. The number of nitrogens with zero attached hydrogens (tertiary/aromatic N) is 2. The summed E-state index contributed by atoms with van der Waals surface area (Å²) in [6.45, 7) is 0. The number of carbonyl (C=O) groups is 3. The Hall–Kier alpha value is -1.79. The van der Waals surface area contributed by atoms with Gasteiger partial charge in [0.2, 0.25) is 0 Å². The minimum atomic E-state index is -0.997. The van der Waals surface area contributed by atoms with E-state index < -0.39 is 18.1 Å². The molecule has 0 saturated carbocycles. The molecule has 0 radical (unpaired) electrons. The number of imide groups is 2. The van der Waals surface area contributed by atoms with Crippen molar-refractivity contribution in [2.75, 3.05) is 21.1 Å². The summed E-state index contributed by atoms with van der Waals surface area (Å²) in [5.74, 6) is 0. The molecule has 0 atom stereocenters. The van der Waals surface area contributed by atoms with Crippen LogP contribution in [0.15, 0.2) is 0 Å². The molecule has 0 aromatic rings.